The first-order valence-corrected chi connectivity index (χ1v) is 5.06. The minimum atomic E-state index is -0.320. The van der Waals surface area contributed by atoms with Crippen LogP contribution < -0.4 is 4.74 Å². The Bertz CT molecular complexity index is 493. The summed E-state index contributed by atoms with van der Waals surface area (Å²) in [6.07, 6.45) is 1.74. The number of rotatable bonds is 1. The second-order valence-electron chi connectivity index (χ2n) is 2.83. The predicted molar refractivity (Wildman–Crippen MR) is 60.1 cm³/mol. The molecule has 0 bridgehead atoms. The number of nitrogens with zero attached hydrogens (tertiary/aromatic N) is 1. The Kier molecular flexibility index (Phi) is 2.40. The molecular weight excluding hydrogens is 295 g/mol. The molecule has 2 rings (SSSR count). The summed E-state index contributed by atoms with van der Waals surface area (Å²) in [5, 5.41) is 7.77. The van der Waals surface area contributed by atoms with Crippen LogP contribution in [-0.2, 0) is 4.79 Å². The molecule has 1 aromatic heterocycles. The molecule has 0 spiro atoms. The maximum atomic E-state index is 10.7. The lowest BCUT2D eigenvalue weighted by molar-refractivity contribution is -0.131. The van der Waals surface area contributed by atoms with Gasteiger partial charge in [-0.15, -0.1) is 0 Å². The monoisotopic (exact) mass is 302 g/mol. The van der Waals surface area contributed by atoms with Crippen LogP contribution >= 0.6 is 22.6 Å². The Labute approximate surface area is 93.8 Å². The third-order valence-corrected chi connectivity index (χ3v) is 2.64. The van der Waals surface area contributed by atoms with Crippen molar-refractivity contribution in [3.63, 3.8) is 0 Å². The molecule has 4 nitrogen and oxygen atoms in total. The summed E-state index contributed by atoms with van der Waals surface area (Å²) in [5.74, 6) is 0.221. The first kappa shape index (κ1) is 9.45. The zero-order chi connectivity index (χ0) is 10.1. The summed E-state index contributed by atoms with van der Waals surface area (Å²) in [6.45, 7) is 1.38. The Balaban J connectivity index is 2.53. The van der Waals surface area contributed by atoms with E-state index in [1.807, 2.05) is 0 Å². The molecule has 14 heavy (non-hydrogen) atoms. The summed E-state index contributed by atoms with van der Waals surface area (Å²) < 4.78 is 5.99. The Morgan fingerprint density at radius 2 is 2.36 bits per heavy atom. The summed E-state index contributed by atoms with van der Waals surface area (Å²) in [4.78, 5) is 10.7. The third kappa shape index (κ3) is 1.72. The van der Waals surface area contributed by atoms with Gasteiger partial charge in [-0.2, -0.15) is 5.10 Å². The molecule has 0 radical (unpaired) electrons. The van der Waals surface area contributed by atoms with E-state index in [0.717, 1.165) is 14.5 Å². The molecule has 0 atom stereocenters. The Morgan fingerprint density at radius 3 is 3.07 bits per heavy atom. The standard InChI is InChI=1S/C9H7IN2O2/c1-5(13)14-6-2-8(10)7-4-11-12-9(7)3-6/h2-4H,1H3,(H,11,12). The lowest BCUT2D eigenvalue weighted by Crippen LogP contribution is -2.01. The number of aromatic amines is 1. The van der Waals surface area contributed by atoms with Crippen LogP contribution in [0.3, 0.4) is 0 Å². The Morgan fingerprint density at radius 1 is 1.57 bits per heavy atom. The van der Waals surface area contributed by atoms with Crippen LogP contribution in [0.2, 0.25) is 0 Å². The van der Waals surface area contributed by atoms with E-state index in [2.05, 4.69) is 32.8 Å². The van der Waals surface area contributed by atoms with Crippen LogP contribution in [0.4, 0.5) is 0 Å². The van der Waals surface area contributed by atoms with Gasteiger partial charge in [0.2, 0.25) is 0 Å². The van der Waals surface area contributed by atoms with Crippen molar-refractivity contribution in [3.8, 4) is 5.75 Å². The van der Waals surface area contributed by atoms with Gasteiger partial charge >= 0.3 is 5.97 Å². The lowest BCUT2D eigenvalue weighted by atomic mass is 10.2. The van der Waals surface area contributed by atoms with Crippen molar-refractivity contribution in [3.05, 3.63) is 21.9 Å². The number of H-pyrrole nitrogens is 1. The number of esters is 1. The highest BCUT2D eigenvalue weighted by atomic mass is 127. The number of ether oxygens (including phenoxy) is 1. The highest BCUT2D eigenvalue weighted by Gasteiger charge is 2.05. The largest absolute Gasteiger partial charge is 0.427 e. The van der Waals surface area contributed by atoms with Crippen molar-refractivity contribution in [2.45, 2.75) is 6.92 Å². The molecule has 0 saturated heterocycles. The van der Waals surface area contributed by atoms with E-state index in [1.165, 1.54) is 6.92 Å². The van der Waals surface area contributed by atoms with Crippen LogP contribution in [0.1, 0.15) is 6.92 Å². The van der Waals surface area contributed by atoms with E-state index in [1.54, 1.807) is 18.3 Å². The van der Waals surface area contributed by atoms with E-state index in [-0.39, 0.29) is 5.97 Å². The van der Waals surface area contributed by atoms with Crippen molar-refractivity contribution in [1.29, 1.82) is 0 Å². The maximum Gasteiger partial charge on any atom is 0.308 e. The molecule has 2 aromatic rings. The number of halogens is 1. The molecule has 72 valence electrons. The van der Waals surface area contributed by atoms with Crippen molar-refractivity contribution in [2.24, 2.45) is 0 Å². The molecular formula is C9H7IN2O2. The highest BCUT2D eigenvalue weighted by Crippen LogP contribution is 2.24. The van der Waals surface area contributed by atoms with Crippen molar-refractivity contribution in [1.82, 2.24) is 10.2 Å². The lowest BCUT2D eigenvalue weighted by Gasteiger charge is -2.01. The van der Waals surface area contributed by atoms with Crippen molar-refractivity contribution >= 4 is 39.5 Å². The number of fused-ring (bicyclic) bond motifs is 1. The van der Waals surface area contributed by atoms with Gasteiger partial charge < -0.3 is 4.74 Å². The van der Waals surface area contributed by atoms with Gasteiger partial charge in [-0.25, -0.2) is 0 Å². The quantitative estimate of drug-likeness (QED) is 0.498. The average molecular weight is 302 g/mol. The Hall–Kier alpha value is -1.11. The number of carbonyl (C=O) groups excluding carboxylic acids is 1. The average Bonchev–Trinajstić information content (AvgIpc) is 2.50. The van der Waals surface area contributed by atoms with Crippen LogP contribution in [-0.4, -0.2) is 16.2 Å². The van der Waals surface area contributed by atoms with Gasteiger partial charge in [0.05, 0.1) is 11.7 Å². The van der Waals surface area contributed by atoms with Gasteiger partial charge in [-0.05, 0) is 28.7 Å². The highest BCUT2D eigenvalue weighted by molar-refractivity contribution is 14.1. The number of aromatic nitrogens is 2. The zero-order valence-electron chi connectivity index (χ0n) is 7.37. The molecule has 0 aliphatic rings. The predicted octanol–water partition coefficient (Wildman–Crippen LogP) is 2.09. The molecule has 0 aliphatic carbocycles. The van der Waals surface area contributed by atoms with E-state index >= 15 is 0 Å². The molecule has 0 fully saturated rings. The molecule has 1 heterocycles. The van der Waals surface area contributed by atoms with Gasteiger partial charge in [0.15, 0.2) is 0 Å². The number of hydrogen-bond acceptors (Lipinski definition) is 3. The first-order chi connectivity index (χ1) is 6.66. The zero-order valence-corrected chi connectivity index (χ0v) is 9.53. The van der Waals surface area contributed by atoms with E-state index in [4.69, 9.17) is 4.74 Å². The number of nitrogens with one attached hydrogen (secondary N) is 1. The van der Waals surface area contributed by atoms with Gasteiger partial charge in [0, 0.05) is 21.9 Å². The fourth-order valence-corrected chi connectivity index (χ4v) is 1.94. The normalized spacial score (nSPS) is 10.4. The minimum Gasteiger partial charge on any atom is -0.427 e. The molecule has 1 N–H and O–H groups in total. The number of benzene rings is 1. The SMILES string of the molecule is CC(=O)Oc1cc(I)c2cn[nH]c2c1. The second-order valence-corrected chi connectivity index (χ2v) is 3.99. The third-order valence-electron chi connectivity index (χ3n) is 1.74. The van der Waals surface area contributed by atoms with Gasteiger partial charge in [0.1, 0.15) is 5.75 Å². The summed E-state index contributed by atoms with van der Waals surface area (Å²) in [6, 6.07) is 3.56. The van der Waals surface area contributed by atoms with E-state index in [0.29, 0.717) is 5.75 Å². The van der Waals surface area contributed by atoms with Crippen LogP contribution in [0.25, 0.3) is 10.9 Å². The first-order valence-electron chi connectivity index (χ1n) is 3.98. The molecule has 5 heteroatoms. The summed E-state index contributed by atoms with van der Waals surface area (Å²) in [7, 11) is 0. The molecule has 0 unspecified atom stereocenters. The number of carbonyl (C=O) groups is 1. The van der Waals surface area contributed by atoms with Gasteiger partial charge in [-0.1, -0.05) is 0 Å². The smallest absolute Gasteiger partial charge is 0.308 e. The fourth-order valence-electron chi connectivity index (χ4n) is 1.21. The van der Waals surface area contributed by atoms with E-state index in [9.17, 15) is 4.79 Å². The maximum absolute atomic E-state index is 10.7. The number of hydrogen-bond donors (Lipinski definition) is 1. The van der Waals surface area contributed by atoms with E-state index < -0.39 is 0 Å². The summed E-state index contributed by atoms with van der Waals surface area (Å²) in [5.41, 5.74) is 0.869. The molecule has 0 amide bonds. The van der Waals surface area contributed by atoms with Crippen LogP contribution in [0.15, 0.2) is 18.3 Å². The van der Waals surface area contributed by atoms with Crippen molar-refractivity contribution < 1.29 is 9.53 Å². The van der Waals surface area contributed by atoms with Crippen molar-refractivity contribution in [2.75, 3.05) is 0 Å². The van der Waals surface area contributed by atoms with Crippen LogP contribution in [0.5, 0.6) is 5.75 Å². The minimum absolute atomic E-state index is 0.320. The molecule has 1 aromatic carbocycles. The topological polar surface area (TPSA) is 55.0 Å². The second kappa shape index (κ2) is 3.56. The summed E-state index contributed by atoms with van der Waals surface area (Å²) >= 11 is 2.18. The molecule has 0 aliphatic heterocycles. The van der Waals surface area contributed by atoms with Gasteiger partial charge in [-0.3, -0.25) is 9.89 Å². The molecule has 0 saturated carbocycles. The fraction of sp³-hybridized carbons (Fsp3) is 0.111. The van der Waals surface area contributed by atoms with Crippen LogP contribution in [0, 0.1) is 3.57 Å². The van der Waals surface area contributed by atoms with Gasteiger partial charge in [0.25, 0.3) is 0 Å².